The minimum atomic E-state index is -4.92. The van der Waals surface area contributed by atoms with Crippen molar-refractivity contribution in [3.8, 4) is 0 Å². The summed E-state index contributed by atoms with van der Waals surface area (Å²) < 4.78 is 57.9. The molecule has 25 heavy (non-hydrogen) atoms. The van der Waals surface area contributed by atoms with Crippen LogP contribution in [0.2, 0.25) is 0 Å². The number of ketones is 1. The van der Waals surface area contributed by atoms with Gasteiger partial charge in [-0.25, -0.2) is 16.8 Å². The zero-order chi connectivity index (χ0) is 18.8. The molecule has 2 aromatic carbocycles. The summed E-state index contributed by atoms with van der Waals surface area (Å²) in [6, 6.07) is 10.5. The minimum absolute atomic E-state index is 0.0217. The second-order valence-electron chi connectivity index (χ2n) is 4.72. The van der Waals surface area contributed by atoms with Crippen molar-refractivity contribution < 1.29 is 30.7 Å². The first kappa shape index (κ1) is 18.6. The van der Waals surface area contributed by atoms with Crippen molar-refractivity contribution in [3.05, 3.63) is 53.6 Å². The molecule has 2 aromatic rings. The Bertz CT molecular complexity index is 1050. The fourth-order valence-electron chi connectivity index (χ4n) is 2.23. The highest BCUT2D eigenvalue weighted by Crippen LogP contribution is 2.35. The third-order valence-corrected chi connectivity index (χ3v) is 5.00. The van der Waals surface area contributed by atoms with Crippen LogP contribution >= 0.6 is 0 Å². The summed E-state index contributed by atoms with van der Waals surface area (Å²) in [5.74, 6) is -0.309. The quantitative estimate of drug-likeness (QED) is 0.147. The molecular weight excluding hydrogens is 372 g/mol. The van der Waals surface area contributed by atoms with Crippen molar-refractivity contribution >= 4 is 38.0 Å². The van der Waals surface area contributed by atoms with Gasteiger partial charge in [-0.3, -0.25) is 9.35 Å². The zero-order valence-electron chi connectivity index (χ0n) is 12.3. The third kappa shape index (κ3) is 4.05. The van der Waals surface area contributed by atoms with E-state index < -0.39 is 20.2 Å². The highest BCUT2D eigenvalue weighted by molar-refractivity contribution is 7.91. The number of sulfone groups is 1. The van der Waals surface area contributed by atoms with Crippen LogP contribution < -0.4 is 5.32 Å². The second-order valence-corrected chi connectivity index (χ2v) is 7.46. The SMILES string of the molecule is N=[C+]Nc1ccc2c(c1)S(=O)(=O)c1ccccc1C2=O.O=S(=O)([O-])O. The number of carbonyl (C=O) groups is 1. The summed E-state index contributed by atoms with van der Waals surface area (Å²) in [4.78, 5) is 12.3. The summed E-state index contributed by atoms with van der Waals surface area (Å²) >= 11 is 0. The van der Waals surface area contributed by atoms with E-state index in [1.165, 1.54) is 24.3 Å². The number of hydrogen-bond donors (Lipinski definition) is 3. The molecular formula is C14H10N2O7S2. The molecule has 0 unspecified atom stereocenters. The zero-order valence-corrected chi connectivity index (χ0v) is 13.9. The van der Waals surface area contributed by atoms with E-state index in [0.29, 0.717) is 5.69 Å². The van der Waals surface area contributed by atoms with E-state index in [4.69, 9.17) is 22.9 Å². The van der Waals surface area contributed by atoms with Gasteiger partial charge < -0.3 is 4.55 Å². The lowest BCUT2D eigenvalue weighted by Crippen LogP contribution is -2.20. The average molecular weight is 382 g/mol. The van der Waals surface area contributed by atoms with E-state index in [1.54, 1.807) is 18.2 Å². The lowest BCUT2D eigenvalue weighted by molar-refractivity contribution is 0.103. The molecule has 11 heteroatoms. The standard InChI is InChI=1S/C14H8N2O3S.H2O4S/c15-8-16-9-5-6-11-13(7-9)20(18,19)12-4-2-1-3-10(12)14(11)17;1-5(2,3)4/h1-7H,(H-,15,16,17);(H2,1,2,3,4). The molecule has 0 aliphatic carbocycles. The molecule has 0 fully saturated rings. The number of benzene rings is 2. The summed E-state index contributed by atoms with van der Waals surface area (Å²) in [6.07, 6.45) is 1.97. The summed E-state index contributed by atoms with van der Waals surface area (Å²) in [6.45, 7) is 0. The lowest BCUT2D eigenvalue weighted by atomic mass is 10.0. The van der Waals surface area contributed by atoms with Crippen molar-refractivity contribution in [2.45, 2.75) is 9.79 Å². The Morgan fingerprint density at radius 2 is 1.64 bits per heavy atom. The van der Waals surface area contributed by atoms with Gasteiger partial charge in [0.05, 0.1) is 11.0 Å². The number of anilines is 1. The van der Waals surface area contributed by atoms with Gasteiger partial charge in [-0.2, -0.15) is 0 Å². The van der Waals surface area contributed by atoms with Gasteiger partial charge in [0, 0.05) is 17.2 Å². The molecule has 1 aliphatic heterocycles. The van der Waals surface area contributed by atoms with Gasteiger partial charge in [-0.05, 0) is 18.2 Å². The predicted octanol–water partition coefficient (Wildman–Crippen LogP) is 0.964. The van der Waals surface area contributed by atoms with Crippen LogP contribution in [-0.2, 0) is 20.2 Å². The molecule has 9 nitrogen and oxygen atoms in total. The molecule has 3 rings (SSSR count). The molecule has 0 aromatic heterocycles. The highest BCUT2D eigenvalue weighted by atomic mass is 32.3. The molecule has 0 radical (unpaired) electrons. The van der Waals surface area contributed by atoms with E-state index in [1.807, 2.05) is 6.34 Å². The monoisotopic (exact) mass is 382 g/mol. The van der Waals surface area contributed by atoms with Crippen LogP contribution in [0.4, 0.5) is 5.69 Å². The molecule has 0 spiro atoms. The number of hydrogen-bond acceptors (Lipinski definition) is 7. The fourth-order valence-corrected chi connectivity index (χ4v) is 3.91. The minimum Gasteiger partial charge on any atom is -0.726 e. The maximum absolute atomic E-state index is 12.6. The first-order chi connectivity index (χ1) is 11.6. The van der Waals surface area contributed by atoms with Gasteiger partial charge >= 0.3 is 6.34 Å². The molecule has 1 aliphatic rings. The lowest BCUT2D eigenvalue weighted by Gasteiger charge is -2.17. The third-order valence-electron chi connectivity index (χ3n) is 3.14. The molecule has 3 N–H and O–H groups in total. The van der Waals surface area contributed by atoms with Crippen molar-refractivity contribution in [1.29, 1.82) is 5.41 Å². The summed E-state index contributed by atoms with van der Waals surface area (Å²) in [5, 5.41) is 9.33. The van der Waals surface area contributed by atoms with Crippen LogP contribution in [0.1, 0.15) is 15.9 Å². The molecule has 0 bridgehead atoms. The molecule has 0 saturated heterocycles. The van der Waals surface area contributed by atoms with Gasteiger partial charge in [0.2, 0.25) is 20.2 Å². The maximum Gasteiger partial charge on any atom is 0.311 e. The first-order valence-electron chi connectivity index (χ1n) is 6.44. The Morgan fingerprint density at radius 3 is 2.24 bits per heavy atom. The van der Waals surface area contributed by atoms with E-state index >= 15 is 0 Å². The van der Waals surface area contributed by atoms with Crippen LogP contribution in [0.5, 0.6) is 0 Å². The maximum atomic E-state index is 12.6. The molecule has 0 saturated carbocycles. The highest BCUT2D eigenvalue weighted by Gasteiger charge is 2.35. The largest absolute Gasteiger partial charge is 0.726 e. The van der Waals surface area contributed by atoms with Crippen LogP contribution in [0.3, 0.4) is 0 Å². The molecule has 0 amide bonds. The fraction of sp³-hybridized carbons (Fsp3) is 0. The van der Waals surface area contributed by atoms with Crippen LogP contribution in [0, 0.1) is 5.41 Å². The Labute approximate surface area is 143 Å². The van der Waals surface area contributed by atoms with Gasteiger partial charge in [0.1, 0.15) is 4.90 Å². The van der Waals surface area contributed by atoms with E-state index in [0.717, 1.165) is 0 Å². The Kier molecular flexibility index (Phi) is 4.97. The van der Waals surface area contributed by atoms with E-state index in [-0.39, 0.29) is 26.7 Å². The second kappa shape index (κ2) is 6.67. The number of fused-ring (bicyclic) bond motifs is 2. The Hall–Kier alpha value is -2.69. The van der Waals surface area contributed by atoms with Crippen LogP contribution in [0.15, 0.2) is 52.3 Å². The Balaban J connectivity index is 0.000000399. The van der Waals surface area contributed by atoms with Gasteiger partial charge in [0.25, 0.3) is 0 Å². The predicted molar refractivity (Wildman–Crippen MR) is 85.4 cm³/mol. The van der Waals surface area contributed by atoms with Crippen molar-refractivity contribution in [2.75, 3.05) is 5.32 Å². The molecule has 1 heterocycles. The molecule has 0 atom stereocenters. The van der Waals surface area contributed by atoms with Crippen LogP contribution in [0.25, 0.3) is 0 Å². The van der Waals surface area contributed by atoms with Crippen molar-refractivity contribution in [1.82, 2.24) is 0 Å². The smallest absolute Gasteiger partial charge is 0.311 e. The van der Waals surface area contributed by atoms with Crippen LogP contribution in [-0.4, -0.2) is 38.1 Å². The van der Waals surface area contributed by atoms with Crippen molar-refractivity contribution in [3.63, 3.8) is 0 Å². The van der Waals surface area contributed by atoms with Gasteiger partial charge in [0.15, 0.2) is 11.5 Å². The van der Waals surface area contributed by atoms with E-state index in [2.05, 4.69) is 5.32 Å². The van der Waals surface area contributed by atoms with Crippen molar-refractivity contribution in [2.24, 2.45) is 0 Å². The molecule has 130 valence electrons. The normalized spacial score (nSPS) is 14.2. The first-order valence-corrected chi connectivity index (χ1v) is 9.29. The number of carbonyl (C=O) groups excluding carboxylic acids is 1. The number of nitrogens with one attached hydrogen (secondary N) is 2. The summed E-state index contributed by atoms with van der Waals surface area (Å²) in [7, 11) is -8.64. The number of rotatable bonds is 2. The van der Waals surface area contributed by atoms with Gasteiger partial charge in [-0.1, -0.05) is 12.1 Å². The average Bonchev–Trinajstić information content (AvgIpc) is 2.52. The van der Waals surface area contributed by atoms with Gasteiger partial charge in [-0.15, -0.1) is 10.7 Å². The topological polar surface area (TPSA) is 165 Å². The van der Waals surface area contributed by atoms with E-state index in [9.17, 15) is 13.2 Å². The summed E-state index contributed by atoms with van der Waals surface area (Å²) in [5.41, 5.74) is 0.744. The Morgan fingerprint density at radius 1 is 1.08 bits per heavy atom.